The van der Waals surface area contributed by atoms with Crippen molar-refractivity contribution < 1.29 is 18.7 Å². The monoisotopic (exact) mass is 499 g/mol. The number of carbonyl (C=O) groups excluding carboxylic acids is 2. The fraction of sp³-hybridized carbons (Fsp3) is 0.360. The Morgan fingerprint density at radius 1 is 0.971 bits per heavy atom. The molecule has 1 aromatic carbocycles. The van der Waals surface area contributed by atoms with Crippen LogP contribution in [0.15, 0.2) is 48.8 Å². The fourth-order valence-corrected chi connectivity index (χ4v) is 4.11. The Kier molecular flexibility index (Phi) is 7.07. The molecule has 0 spiro atoms. The van der Waals surface area contributed by atoms with Crippen molar-refractivity contribution in [3.05, 3.63) is 59.9 Å². The molecule has 1 saturated heterocycles. The fourth-order valence-electron chi connectivity index (χ4n) is 3.88. The lowest BCUT2D eigenvalue weighted by Crippen LogP contribution is -2.52. The first kappa shape index (κ1) is 24.7. The SMILES string of the molecule is CC(C)(C)OC(=O)N1CCN(C(=O)Cn2c(Cl)nc(-c3ccc(F)cc3)c2-c2ccncc2)CC1. The molecule has 1 fully saturated rings. The second kappa shape index (κ2) is 10.0. The van der Waals surface area contributed by atoms with E-state index in [1.165, 1.54) is 12.1 Å². The Hall–Kier alpha value is -3.46. The molecule has 0 N–H and O–H groups in total. The lowest BCUT2D eigenvalue weighted by Gasteiger charge is -2.35. The molecule has 0 atom stereocenters. The number of carbonyl (C=O) groups is 2. The Labute approximate surface area is 208 Å². The number of hydrogen-bond acceptors (Lipinski definition) is 5. The van der Waals surface area contributed by atoms with Gasteiger partial charge in [0.05, 0.1) is 11.4 Å². The van der Waals surface area contributed by atoms with Crippen LogP contribution in [0.3, 0.4) is 0 Å². The maximum atomic E-state index is 13.5. The Morgan fingerprint density at radius 2 is 1.57 bits per heavy atom. The highest BCUT2D eigenvalue weighted by Gasteiger charge is 2.29. The summed E-state index contributed by atoms with van der Waals surface area (Å²) in [6.45, 7) is 6.98. The first-order valence-corrected chi connectivity index (χ1v) is 11.7. The van der Waals surface area contributed by atoms with Crippen molar-refractivity contribution in [3.63, 3.8) is 0 Å². The summed E-state index contributed by atoms with van der Waals surface area (Å²) in [5.74, 6) is -0.500. The van der Waals surface area contributed by atoms with Crippen LogP contribution in [0.25, 0.3) is 22.5 Å². The number of imidazole rings is 1. The predicted molar refractivity (Wildman–Crippen MR) is 130 cm³/mol. The number of amides is 2. The molecule has 3 aromatic rings. The van der Waals surface area contributed by atoms with Crippen molar-refractivity contribution in [1.82, 2.24) is 24.3 Å². The molecule has 35 heavy (non-hydrogen) atoms. The van der Waals surface area contributed by atoms with Gasteiger partial charge >= 0.3 is 6.09 Å². The van der Waals surface area contributed by atoms with Gasteiger partial charge in [0, 0.05) is 49.7 Å². The van der Waals surface area contributed by atoms with Gasteiger partial charge in [0.1, 0.15) is 18.0 Å². The molecule has 4 rings (SSSR count). The number of aromatic nitrogens is 3. The van der Waals surface area contributed by atoms with Crippen LogP contribution < -0.4 is 0 Å². The van der Waals surface area contributed by atoms with Gasteiger partial charge in [0.15, 0.2) is 0 Å². The van der Waals surface area contributed by atoms with Gasteiger partial charge in [-0.05, 0) is 68.8 Å². The summed E-state index contributed by atoms with van der Waals surface area (Å²) < 4.78 is 20.6. The van der Waals surface area contributed by atoms with E-state index >= 15 is 0 Å². The zero-order chi connectivity index (χ0) is 25.2. The first-order valence-electron chi connectivity index (χ1n) is 11.3. The minimum atomic E-state index is -0.576. The molecule has 10 heteroatoms. The van der Waals surface area contributed by atoms with Crippen LogP contribution in [-0.4, -0.2) is 68.1 Å². The number of rotatable bonds is 4. The van der Waals surface area contributed by atoms with Crippen molar-refractivity contribution in [1.29, 1.82) is 0 Å². The van der Waals surface area contributed by atoms with Gasteiger partial charge in [-0.3, -0.25) is 9.78 Å². The van der Waals surface area contributed by atoms with Crippen LogP contribution in [0.5, 0.6) is 0 Å². The molecule has 3 heterocycles. The van der Waals surface area contributed by atoms with Crippen LogP contribution in [0.1, 0.15) is 20.8 Å². The van der Waals surface area contributed by atoms with Crippen molar-refractivity contribution in [2.45, 2.75) is 32.9 Å². The molecule has 0 aliphatic carbocycles. The molecular weight excluding hydrogens is 473 g/mol. The number of halogens is 2. The van der Waals surface area contributed by atoms with Gasteiger partial charge in [-0.25, -0.2) is 14.2 Å². The standard InChI is InChI=1S/C25H27ClFN5O3/c1-25(2,3)35-24(34)31-14-12-30(13-15-31)20(33)16-32-22(18-8-10-28-11-9-18)21(29-23(32)26)17-4-6-19(27)7-5-17/h4-11H,12-16H2,1-3H3. The third-order valence-electron chi connectivity index (χ3n) is 5.57. The van der Waals surface area contributed by atoms with Crippen LogP contribution in [-0.2, 0) is 16.1 Å². The molecule has 1 aliphatic heterocycles. The van der Waals surface area contributed by atoms with Gasteiger partial charge < -0.3 is 19.1 Å². The Morgan fingerprint density at radius 3 is 2.17 bits per heavy atom. The van der Waals surface area contributed by atoms with Gasteiger partial charge in [-0.2, -0.15) is 0 Å². The van der Waals surface area contributed by atoms with Crippen molar-refractivity contribution in [2.75, 3.05) is 26.2 Å². The van der Waals surface area contributed by atoms with E-state index in [1.54, 1.807) is 51.0 Å². The Balaban J connectivity index is 1.55. The molecule has 0 unspecified atom stereocenters. The van der Waals surface area contributed by atoms with E-state index in [2.05, 4.69) is 9.97 Å². The molecule has 184 valence electrons. The zero-order valence-electron chi connectivity index (χ0n) is 19.9. The van der Waals surface area contributed by atoms with Gasteiger partial charge in [-0.1, -0.05) is 0 Å². The van der Waals surface area contributed by atoms with Crippen molar-refractivity contribution in [3.8, 4) is 22.5 Å². The summed E-state index contributed by atoms with van der Waals surface area (Å²) in [4.78, 5) is 37.4. The quantitative estimate of drug-likeness (QED) is 0.528. The summed E-state index contributed by atoms with van der Waals surface area (Å²) in [6, 6.07) is 9.57. The molecular formula is C25H27ClFN5O3. The van der Waals surface area contributed by atoms with E-state index in [0.29, 0.717) is 43.1 Å². The smallest absolute Gasteiger partial charge is 0.410 e. The summed E-state index contributed by atoms with van der Waals surface area (Å²) in [6.07, 6.45) is 2.91. The van der Waals surface area contributed by atoms with E-state index in [4.69, 9.17) is 16.3 Å². The number of benzene rings is 1. The van der Waals surface area contributed by atoms with E-state index < -0.39 is 5.60 Å². The average Bonchev–Trinajstić information content (AvgIpc) is 3.15. The second-order valence-electron chi connectivity index (χ2n) is 9.26. The third-order valence-corrected chi connectivity index (χ3v) is 5.86. The maximum absolute atomic E-state index is 13.5. The minimum Gasteiger partial charge on any atom is -0.444 e. The minimum absolute atomic E-state index is 0.0306. The molecule has 2 aromatic heterocycles. The molecule has 8 nitrogen and oxygen atoms in total. The second-order valence-corrected chi connectivity index (χ2v) is 9.59. The van der Waals surface area contributed by atoms with E-state index in [1.807, 2.05) is 20.8 Å². The van der Waals surface area contributed by atoms with Crippen LogP contribution in [0.2, 0.25) is 5.28 Å². The van der Waals surface area contributed by atoms with E-state index in [9.17, 15) is 14.0 Å². The Bertz CT molecular complexity index is 1200. The normalized spacial score (nSPS) is 14.2. The summed E-state index contributed by atoms with van der Waals surface area (Å²) in [5, 5.41) is 0.150. The molecule has 0 bridgehead atoms. The van der Waals surface area contributed by atoms with Gasteiger partial charge in [-0.15, -0.1) is 0 Å². The highest BCUT2D eigenvalue weighted by Crippen LogP contribution is 2.34. The van der Waals surface area contributed by atoms with Crippen LogP contribution in [0.4, 0.5) is 9.18 Å². The number of hydrogen-bond donors (Lipinski definition) is 0. The van der Waals surface area contributed by atoms with Crippen LogP contribution in [0, 0.1) is 5.82 Å². The number of ether oxygens (including phenoxy) is 1. The summed E-state index contributed by atoms with van der Waals surface area (Å²) >= 11 is 6.51. The zero-order valence-corrected chi connectivity index (χ0v) is 20.6. The lowest BCUT2D eigenvalue weighted by molar-refractivity contribution is -0.133. The van der Waals surface area contributed by atoms with Crippen molar-refractivity contribution >= 4 is 23.6 Å². The molecule has 2 amide bonds. The number of piperazine rings is 1. The largest absolute Gasteiger partial charge is 0.444 e. The topological polar surface area (TPSA) is 80.6 Å². The first-order chi connectivity index (χ1) is 16.6. The van der Waals surface area contributed by atoms with E-state index in [-0.39, 0.29) is 29.6 Å². The summed E-state index contributed by atoms with van der Waals surface area (Å²) in [5.41, 5.74) is 2.07. The molecule has 1 aliphatic rings. The number of pyridine rings is 1. The average molecular weight is 500 g/mol. The maximum Gasteiger partial charge on any atom is 0.410 e. The van der Waals surface area contributed by atoms with Crippen LogP contribution >= 0.6 is 11.6 Å². The van der Waals surface area contributed by atoms with Gasteiger partial charge in [0.2, 0.25) is 11.2 Å². The van der Waals surface area contributed by atoms with E-state index in [0.717, 1.165) is 5.56 Å². The highest BCUT2D eigenvalue weighted by molar-refractivity contribution is 6.29. The van der Waals surface area contributed by atoms with Gasteiger partial charge in [0.25, 0.3) is 0 Å². The van der Waals surface area contributed by atoms with Crippen molar-refractivity contribution in [2.24, 2.45) is 0 Å². The molecule has 0 saturated carbocycles. The lowest BCUT2D eigenvalue weighted by atomic mass is 10.1. The third kappa shape index (κ3) is 5.79. The molecule has 0 radical (unpaired) electrons. The highest BCUT2D eigenvalue weighted by atomic mass is 35.5. The predicted octanol–water partition coefficient (Wildman–Crippen LogP) is 4.48. The number of nitrogens with zero attached hydrogens (tertiary/aromatic N) is 5. The summed E-state index contributed by atoms with van der Waals surface area (Å²) in [7, 11) is 0.